The van der Waals surface area contributed by atoms with Gasteiger partial charge in [-0.3, -0.25) is 0 Å². The predicted molar refractivity (Wildman–Crippen MR) is 48.8 cm³/mol. The topological polar surface area (TPSA) is 29.3 Å². The molecule has 1 aliphatic rings. The third-order valence-electron chi connectivity index (χ3n) is 2.78. The van der Waals surface area contributed by atoms with Crippen molar-refractivity contribution < 1.29 is 8.78 Å². The first-order valence-electron chi connectivity index (χ1n) is 4.76. The third-order valence-corrected chi connectivity index (χ3v) is 2.78. The Morgan fingerprint density at radius 1 is 1.54 bits per heavy atom. The summed E-state index contributed by atoms with van der Waals surface area (Å²) in [5.41, 5.74) is 5.28. The Morgan fingerprint density at radius 3 is 2.62 bits per heavy atom. The largest absolute Gasteiger partial charge is 0.323 e. The van der Waals surface area contributed by atoms with Crippen molar-refractivity contribution >= 4 is 0 Å². The first-order valence-corrected chi connectivity index (χ1v) is 4.76. The van der Waals surface area contributed by atoms with Gasteiger partial charge < -0.3 is 10.6 Å². The Kier molecular flexibility index (Phi) is 3.24. The zero-order valence-corrected chi connectivity index (χ0v) is 8.26. The maximum absolute atomic E-state index is 13.5. The molecule has 0 amide bonds. The Balaban J connectivity index is 2.59. The quantitative estimate of drug-likeness (QED) is 0.714. The van der Waals surface area contributed by atoms with E-state index in [4.69, 9.17) is 5.73 Å². The van der Waals surface area contributed by atoms with Gasteiger partial charge in [0.05, 0.1) is 6.04 Å². The average Bonchev–Trinajstić information content (AvgIpc) is 2.04. The predicted octanol–water partition coefficient (Wildman–Crippen LogP) is 1.31. The lowest BCUT2D eigenvalue weighted by molar-refractivity contribution is -0.0943. The first kappa shape index (κ1) is 10.9. The van der Waals surface area contributed by atoms with Crippen molar-refractivity contribution in [2.24, 2.45) is 11.7 Å². The van der Waals surface area contributed by atoms with Crippen LogP contribution in [0.1, 0.15) is 19.8 Å². The molecule has 13 heavy (non-hydrogen) atoms. The van der Waals surface area contributed by atoms with Gasteiger partial charge in [-0.15, -0.1) is 0 Å². The fourth-order valence-corrected chi connectivity index (χ4v) is 1.85. The van der Waals surface area contributed by atoms with Crippen molar-refractivity contribution in [1.29, 1.82) is 0 Å². The van der Waals surface area contributed by atoms with E-state index in [1.165, 1.54) is 6.92 Å². The van der Waals surface area contributed by atoms with Gasteiger partial charge in [-0.1, -0.05) is 0 Å². The number of hydrogen-bond donors (Lipinski definition) is 1. The number of piperidine rings is 1. The van der Waals surface area contributed by atoms with Crippen molar-refractivity contribution in [3.05, 3.63) is 0 Å². The summed E-state index contributed by atoms with van der Waals surface area (Å²) < 4.78 is 26.9. The van der Waals surface area contributed by atoms with Crippen LogP contribution in [0.5, 0.6) is 0 Å². The van der Waals surface area contributed by atoms with E-state index >= 15 is 0 Å². The van der Waals surface area contributed by atoms with E-state index in [-0.39, 0.29) is 0 Å². The van der Waals surface area contributed by atoms with Crippen LogP contribution in [0.25, 0.3) is 0 Å². The van der Waals surface area contributed by atoms with Gasteiger partial charge in [0.2, 0.25) is 0 Å². The lowest BCUT2D eigenvalue weighted by Gasteiger charge is -2.36. The second-order valence-electron chi connectivity index (χ2n) is 4.06. The summed E-state index contributed by atoms with van der Waals surface area (Å²) in [6.07, 6.45) is 1.45. The molecule has 2 N–H and O–H groups in total. The van der Waals surface area contributed by atoms with Crippen LogP contribution >= 0.6 is 0 Å². The summed E-state index contributed by atoms with van der Waals surface area (Å²) in [4.78, 5) is 1.95. The molecule has 0 bridgehead atoms. The van der Waals surface area contributed by atoms with Gasteiger partial charge in [-0.2, -0.15) is 0 Å². The summed E-state index contributed by atoms with van der Waals surface area (Å²) >= 11 is 0. The Morgan fingerprint density at radius 2 is 2.15 bits per heavy atom. The molecule has 0 spiro atoms. The normalized spacial score (nSPS) is 28.8. The van der Waals surface area contributed by atoms with E-state index in [1.807, 2.05) is 11.9 Å². The molecule has 0 aliphatic carbocycles. The summed E-state index contributed by atoms with van der Waals surface area (Å²) in [6.45, 7) is 2.77. The molecular formula is C9H18F2N2. The fraction of sp³-hybridized carbons (Fsp3) is 1.00. The monoisotopic (exact) mass is 192 g/mol. The van der Waals surface area contributed by atoms with Gasteiger partial charge in [0.15, 0.2) is 0 Å². The van der Waals surface area contributed by atoms with Gasteiger partial charge in [-0.25, -0.2) is 8.78 Å². The molecule has 4 heteroatoms. The van der Waals surface area contributed by atoms with Crippen LogP contribution in [-0.2, 0) is 0 Å². The lowest BCUT2D eigenvalue weighted by atomic mass is 9.88. The Hall–Kier alpha value is -0.220. The molecule has 0 aromatic carbocycles. The smallest absolute Gasteiger partial charge is 0.266 e. The van der Waals surface area contributed by atoms with E-state index < -0.39 is 17.9 Å². The highest BCUT2D eigenvalue weighted by Crippen LogP contribution is 2.33. The van der Waals surface area contributed by atoms with Crippen LogP contribution in [0, 0.1) is 5.92 Å². The van der Waals surface area contributed by atoms with E-state index in [2.05, 4.69) is 0 Å². The van der Waals surface area contributed by atoms with Crippen molar-refractivity contribution in [1.82, 2.24) is 4.90 Å². The zero-order chi connectivity index (χ0) is 10.1. The SMILES string of the molecule is CC(N)C(F)(F)C1CCCN(C)C1. The number of hydrogen-bond acceptors (Lipinski definition) is 2. The van der Waals surface area contributed by atoms with Crippen LogP contribution in [0.3, 0.4) is 0 Å². The average molecular weight is 192 g/mol. The second kappa shape index (κ2) is 3.88. The van der Waals surface area contributed by atoms with E-state index in [0.29, 0.717) is 13.0 Å². The molecule has 0 aromatic rings. The van der Waals surface area contributed by atoms with Crippen LogP contribution in [0.4, 0.5) is 8.78 Å². The Labute approximate surface area is 78.1 Å². The summed E-state index contributed by atoms with van der Waals surface area (Å²) in [7, 11) is 1.88. The maximum atomic E-state index is 13.5. The number of halogens is 2. The molecule has 78 valence electrons. The third kappa shape index (κ3) is 2.38. The molecular weight excluding hydrogens is 174 g/mol. The second-order valence-corrected chi connectivity index (χ2v) is 4.06. The number of nitrogens with zero attached hydrogens (tertiary/aromatic N) is 1. The molecule has 1 fully saturated rings. The molecule has 2 unspecified atom stereocenters. The minimum Gasteiger partial charge on any atom is -0.323 e. The molecule has 2 nitrogen and oxygen atoms in total. The van der Waals surface area contributed by atoms with Gasteiger partial charge in [0.25, 0.3) is 5.92 Å². The van der Waals surface area contributed by atoms with Crippen molar-refractivity contribution in [2.75, 3.05) is 20.1 Å². The molecule has 2 atom stereocenters. The molecule has 1 aliphatic heterocycles. The fourth-order valence-electron chi connectivity index (χ4n) is 1.85. The van der Waals surface area contributed by atoms with Crippen molar-refractivity contribution in [2.45, 2.75) is 31.7 Å². The van der Waals surface area contributed by atoms with E-state index in [0.717, 1.165) is 13.0 Å². The summed E-state index contributed by atoms with van der Waals surface area (Å²) in [6, 6.07) is -1.04. The number of alkyl halides is 2. The number of likely N-dealkylation sites (tertiary alicyclic amines) is 1. The minimum absolute atomic E-state index is 0.467. The molecule has 1 saturated heterocycles. The first-order chi connectivity index (χ1) is 5.94. The van der Waals surface area contributed by atoms with Crippen molar-refractivity contribution in [3.63, 3.8) is 0 Å². The van der Waals surface area contributed by atoms with Gasteiger partial charge in [0.1, 0.15) is 0 Å². The highest BCUT2D eigenvalue weighted by Gasteiger charge is 2.44. The molecule has 0 aromatic heterocycles. The number of rotatable bonds is 2. The lowest BCUT2D eigenvalue weighted by Crippen LogP contribution is -2.50. The molecule has 0 radical (unpaired) electrons. The minimum atomic E-state index is -2.71. The molecule has 0 saturated carbocycles. The highest BCUT2D eigenvalue weighted by molar-refractivity contribution is 4.88. The van der Waals surface area contributed by atoms with Gasteiger partial charge in [-0.05, 0) is 33.4 Å². The van der Waals surface area contributed by atoms with Gasteiger partial charge in [0, 0.05) is 12.5 Å². The zero-order valence-electron chi connectivity index (χ0n) is 8.26. The van der Waals surface area contributed by atoms with Crippen LogP contribution < -0.4 is 5.73 Å². The Bertz CT molecular complexity index is 171. The van der Waals surface area contributed by atoms with Crippen LogP contribution in [-0.4, -0.2) is 37.0 Å². The van der Waals surface area contributed by atoms with Crippen LogP contribution in [0.2, 0.25) is 0 Å². The van der Waals surface area contributed by atoms with Crippen molar-refractivity contribution in [3.8, 4) is 0 Å². The molecule has 1 heterocycles. The summed E-state index contributed by atoms with van der Waals surface area (Å²) in [5.74, 6) is -3.28. The van der Waals surface area contributed by atoms with E-state index in [9.17, 15) is 8.78 Å². The van der Waals surface area contributed by atoms with Gasteiger partial charge >= 0.3 is 0 Å². The number of nitrogens with two attached hydrogens (primary N) is 1. The van der Waals surface area contributed by atoms with E-state index in [1.54, 1.807) is 0 Å². The molecule has 1 rings (SSSR count). The standard InChI is InChI=1S/C9H18F2N2/c1-7(12)9(10,11)8-4-3-5-13(2)6-8/h7-8H,3-6,12H2,1-2H3. The summed E-state index contributed by atoms with van der Waals surface area (Å²) in [5, 5.41) is 0. The van der Waals surface area contributed by atoms with Crippen LogP contribution in [0.15, 0.2) is 0 Å². The highest BCUT2D eigenvalue weighted by atomic mass is 19.3. The maximum Gasteiger partial charge on any atom is 0.266 e.